The van der Waals surface area contributed by atoms with Crippen molar-refractivity contribution in [3.05, 3.63) is 40.3 Å². The number of hydrogen-bond acceptors (Lipinski definition) is 5. The first-order chi connectivity index (χ1) is 9.87. The highest BCUT2D eigenvalue weighted by Gasteiger charge is 2.29. The van der Waals surface area contributed by atoms with Crippen LogP contribution >= 0.6 is 23.1 Å². The fraction of sp³-hybridized carbons (Fsp3) is 0.167. The highest BCUT2D eigenvalue weighted by molar-refractivity contribution is 8.00. The van der Waals surface area contributed by atoms with Crippen LogP contribution in [-0.2, 0) is 6.54 Å². The second-order valence-electron chi connectivity index (χ2n) is 3.86. The van der Waals surface area contributed by atoms with E-state index in [1.54, 1.807) is 5.38 Å². The zero-order valence-corrected chi connectivity index (χ0v) is 12.1. The van der Waals surface area contributed by atoms with Gasteiger partial charge in [-0.05, 0) is 36.0 Å². The van der Waals surface area contributed by atoms with E-state index in [2.05, 4.69) is 10.3 Å². The average Bonchev–Trinajstić information content (AvgIpc) is 2.88. The molecule has 0 unspecified atom stereocenters. The number of carbonyl (C=O) groups excluding carboxylic acids is 1. The van der Waals surface area contributed by atoms with Gasteiger partial charge in [-0.2, -0.15) is 13.2 Å². The van der Waals surface area contributed by atoms with E-state index in [0.717, 1.165) is 0 Å². The van der Waals surface area contributed by atoms with Gasteiger partial charge in [-0.1, -0.05) is 0 Å². The van der Waals surface area contributed by atoms with Crippen LogP contribution in [0.1, 0.15) is 15.5 Å². The Balaban J connectivity index is 2.01. The molecule has 0 bridgehead atoms. The van der Waals surface area contributed by atoms with Gasteiger partial charge in [0.05, 0.1) is 0 Å². The highest BCUT2D eigenvalue weighted by Crippen LogP contribution is 2.37. The Morgan fingerprint density at radius 1 is 1.33 bits per heavy atom. The van der Waals surface area contributed by atoms with E-state index in [0.29, 0.717) is 10.7 Å². The SMILES string of the molecule is NCc1nc(C(=O)Nc2ccc(SC(F)(F)F)cc2)cs1. The number of amides is 1. The number of nitrogens with one attached hydrogen (secondary N) is 1. The molecule has 0 aliphatic rings. The molecule has 0 radical (unpaired) electrons. The summed E-state index contributed by atoms with van der Waals surface area (Å²) in [5, 5.41) is 4.77. The Morgan fingerprint density at radius 2 is 2.00 bits per heavy atom. The number of nitrogens with zero attached hydrogens (tertiary/aromatic N) is 1. The summed E-state index contributed by atoms with van der Waals surface area (Å²) in [5.41, 5.74) is 1.70. The Hall–Kier alpha value is -1.58. The number of halogens is 3. The standard InChI is InChI=1S/C12H10F3N3OS2/c13-12(14,15)21-8-3-1-7(2-4-8)17-11(19)9-6-20-10(5-16)18-9/h1-4,6H,5,16H2,(H,17,19). The maximum Gasteiger partial charge on any atom is 0.446 e. The van der Waals surface area contributed by atoms with Crippen molar-refractivity contribution in [3.63, 3.8) is 0 Å². The quantitative estimate of drug-likeness (QED) is 0.841. The minimum Gasteiger partial charge on any atom is -0.325 e. The van der Waals surface area contributed by atoms with Gasteiger partial charge in [0.25, 0.3) is 5.91 Å². The van der Waals surface area contributed by atoms with Gasteiger partial charge in [-0.3, -0.25) is 4.79 Å². The molecule has 4 nitrogen and oxygen atoms in total. The molecular weight excluding hydrogens is 323 g/mol. The monoisotopic (exact) mass is 333 g/mol. The van der Waals surface area contributed by atoms with Crippen molar-refractivity contribution in [3.8, 4) is 0 Å². The van der Waals surface area contributed by atoms with E-state index in [1.807, 2.05) is 0 Å². The Labute approximate surface area is 126 Å². The third-order valence-corrected chi connectivity index (χ3v) is 3.92. The molecule has 2 aromatic rings. The molecule has 0 fully saturated rings. The van der Waals surface area contributed by atoms with Gasteiger partial charge >= 0.3 is 5.51 Å². The molecule has 1 aromatic heterocycles. The summed E-state index contributed by atoms with van der Waals surface area (Å²) in [5.74, 6) is -0.429. The summed E-state index contributed by atoms with van der Waals surface area (Å²) >= 11 is 1.07. The zero-order valence-electron chi connectivity index (χ0n) is 10.5. The first-order valence-electron chi connectivity index (χ1n) is 5.69. The topological polar surface area (TPSA) is 68.0 Å². The van der Waals surface area contributed by atoms with Gasteiger partial charge < -0.3 is 11.1 Å². The summed E-state index contributed by atoms with van der Waals surface area (Å²) in [7, 11) is 0. The van der Waals surface area contributed by atoms with Crippen LogP contribution in [0.15, 0.2) is 34.5 Å². The predicted octanol–water partition coefficient (Wildman–Crippen LogP) is 3.47. The van der Waals surface area contributed by atoms with Crippen LogP contribution in [0.25, 0.3) is 0 Å². The zero-order chi connectivity index (χ0) is 15.5. The van der Waals surface area contributed by atoms with Crippen molar-refractivity contribution in [2.24, 2.45) is 5.73 Å². The van der Waals surface area contributed by atoms with Crippen LogP contribution in [0.2, 0.25) is 0 Å². The molecule has 0 saturated carbocycles. The third kappa shape index (κ3) is 4.73. The highest BCUT2D eigenvalue weighted by atomic mass is 32.2. The molecule has 0 aliphatic carbocycles. The number of thioether (sulfide) groups is 1. The fourth-order valence-corrected chi connectivity index (χ4v) is 2.64. The van der Waals surface area contributed by atoms with Crippen LogP contribution in [0.3, 0.4) is 0 Å². The molecule has 0 saturated heterocycles. The van der Waals surface area contributed by atoms with Gasteiger partial charge in [-0.25, -0.2) is 4.98 Å². The van der Waals surface area contributed by atoms with Crippen molar-refractivity contribution >= 4 is 34.7 Å². The third-order valence-electron chi connectivity index (χ3n) is 2.30. The smallest absolute Gasteiger partial charge is 0.325 e. The number of hydrogen-bond donors (Lipinski definition) is 2. The van der Waals surface area contributed by atoms with Gasteiger partial charge in [-0.15, -0.1) is 11.3 Å². The molecule has 9 heteroatoms. The molecule has 0 spiro atoms. The Morgan fingerprint density at radius 3 is 2.52 bits per heavy atom. The van der Waals surface area contributed by atoms with Gasteiger partial charge in [0.1, 0.15) is 10.7 Å². The Bertz CT molecular complexity index is 625. The van der Waals surface area contributed by atoms with E-state index in [1.165, 1.54) is 35.6 Å². The molecule has 3 N–H and O–H groups in total. The number of benzene rings is 1. The van der Waals surface area contributed by atoms with Crippen LogP contribution in [-0.4, -0.2) is 16.4 Å². The molecule has 2 rings (SSSR count). The van der Waals surface area contributed by atoms with Gasteiger partial charge in [0.2, 0.25) is 0 Å². The van der Waals surface area contributed by atoms with Crippen molar-refractivity contribution in [2.75, 3.05) is 5.32 Å². The first kappa shape index (κ1) is 15.8. The molecule has 1 aromatic carbocycles. The van der Waals surface area contributed by atoms with Crippen molar-refractivity contribution < 1.29 is 18.0 Å². The maximum atomic E-state index is 12.2. The number of rotatable bonds is 4. The van der Waals surface area contributed by atoms with E-state index in [4.69, 9.17) is 5.73 Å². The van der Waals surface area contributed by atoms with Crippen LogP contribution in [0.5, 0.6) is 0 Å². The summed E-state index contributed by atoms with van der Waals surface area (Å²) in [6.45, 7) is 0.251. The van der Waals surface area contributed by atoms with Crippen molar-refractivity contribution in [1.82, 2.24) is 4.98 Å². The van der Waals surface area contributed by atoms with E-state index < -0.39 is 11.4 Å². The molecule has 0 aliphatic heterocycles. The van der Waals surface area contributed by atoms with E-state index in [9.17, 15) is 18.0 Å². The minimum absolute atomic E-state index is 0.0552. The predicted molar refractivity (Wildman–Crippen MR) is 76.3 cm³/mol. The summed E-state index contributed by atoms with van der Waals surface area (Å²) in [6, 6.07) is 5.39. The van der Waals surface area contributed by atoms with Crippen molar-refractivity contribution in [1.29, 1.82) is 0 Å². The van der Waals surface area contributed by atoms with Crippen LogP contribution in [0, 0.1) is 0 Å². The molecule has 21 heavy (non-hydrogen) atoms. The number of carbonyl (C=O) groups is 1. The van der Waals surface area contributed by atoms with E-state index in [-0.39, 0.29) is 28.9 Å². The molecule has 1 heterocycles. The first-order valence-corrected chi connectivity index (χ1v) is 7.38. The summed E-state index contributed by atoms with van der Waals surface area (Å²) in [4.78, 5) is 15.9. The number of nitrogens with two attached hydrogens (primary N) is 1. The minimum atomic E-state index is -4.33. The van der Waals surface area contributed by atoms with E-state index >= 15 is 0 Å². The second kappa shape index (κ2) is 6.46. The fourth-order valence-electron chi connectivity index (χ4n) is 1.44. The molecule has 1 amide bonds. The lowest BCUT2D eigenvalue weighted by Crippen LogP contribution is -2.12. The summed E-state index contributed by atoms with van der Waals surface area (Å²) in [6.07, 6.45) is 0. The second-order valence-corrected chi connectivity index (χ2v) is 5.94. The lowest BCUT2D eigenvalue weighted by molar-refractivity contribution is -0.0328. The number of anilines is 1. The molecule has 0 atom stereocenters. The van der Waals surface area contributed by atoms with Gasteiger partial charge in [0, 0.05) is 22.5 Å². The Kier molecular flexibility index (Phi) is 4.86. The van der Waals surface area contributed by atoms with Gasteiger partial charge in [0.15, 0.2) is 0 Å². The molecular formula is C12H10F3N3OS2. The largest absolute Gasteiger partial charge is 0.446 e. The number of alkyl halides is 3. The lowest BCUT2D eigenvalue weighted by atomic mass is 10.3. The normalized spacial score (nSPS) is 11.4. The molecule has 112 valence electrons. The average molecular weight is 333 g/mol. The lowest BCUT2D eigenvalue weighted by Gasteiger charge is -2.07. The number of thiazole rings is 1. The van der Waals surface area contributed by atoms with Crippen LogP contribution in [0.4, 0.5) is 18.9 Å². The van der Waals surface area contributed by atoms with Crippen molar-refractivity contribution in [2.45, 2.75) is 16.9 Å². The summed E-state index contributed by atoms with van der Waals surface area (Å²) < 4.78 is 36.6. The number of aromatic nitrogens is 1. The maximum absolute atomic E-state index is 12.2. The van der Waals surface area contributed by atoms with Crippen LogP contribution < -0.4 is 11.1 Å².